The zero-order valence-electron chi connectivity index (χ0n) is 12.2. The first-order valence-corrected chi connectivity index (χ1v) is 8.98. The third-order valence-corrected chi connectivity index (χ3v) is 4.98. The van der Waals surface area contributed by atoms with Crippen molar-refractivity contribution in [3.8, 4) is 5.75 Å². The van der Waals surface area contributed by atoms with Crippen molar-refractivity contribution in [3.63, 3.8) is 0 Å². The smallest absolute Gasteiger partial charge is 0.261 e. The van der Waals surface area contributed by atoms with Gasteiger partial charge in [-0.2, -0.15) is 0 Å². The SMILES string of the molecule is Cc1cc(S(=O)(=O)Cl)c(C)c(C)c1OCC(=O)NC1CC1. The number of amides is 1. The molecular weight excluding hydrogens is 314 g/mol. The molecule has 1 aliphatic carbocycles. The maximum atomic E-state index is 11.6. The van der Waals surface area contributed by atoms with Crippen LogP contribution in [-0.2, 0) is 13.8 Å². The van der Waals surface area contributed by atoms with Crippen LogP contribution in [-0.4, -0.2) is 27.0 Å². The minimum Gasteiger partial charge on any atom is -0.483 e. The Balaban J connectivity index is 2.20. The lowest BCUT2D eigenvalue weighted by atomic mass is 10.1. The van der Waals surface area contributed by atoms with E-state index in [9.17, 15) is 13.2 Å². The Hall–Kier alpha value is -1.27. The van der Waals surface area contributed by atoms with Crippen molar-refractivity contribution >= 4 is 25.6 Å². The molecule has 1 amide bonds. The highest BCUT2D eigenvalue weighted by Crippen LogP contribution is 2.32. The molecule has 0 heterocycles. The van der Waals surface area contributed by atoms with Crippen molar-refractivity contribution in [1.82, 2.24) is 5.32 Å². The summed E-state index contributed by atoms with van der Waals surface area (Å²) in [6.45, 7) is 5.07. The van der Waals surface area contributed by atoms with Gasteiger partial charge in [-0.25, -0.2) is 8.42 Å². The van der Waals surface area contributed by atoms with Gasteiger partial charge in [-0.3, -0.25) is 4.79 Å². The molecule has 21 heavy (non-hydrogen) atoms. The molecule has 1 aromatic carbocycles. The fourth-order valence-corrected chi connectivity index (χ4v) is 3.45. The van der Waals surface area contributed by atoms with Gasteiger partial charge in [0.2, 0.25) is 0 Å². The molecule has 0 unspecified atom stereocenters. The van der Waals surface area contributed by atoms with Crippen LogP contribution in [0.1, 0.15) is 29.5 Å². The Morgan fingerprint density at radius 2 is 1.95 bits per heavy atom. The Bertz CT molecular complexity index is 681. The minimum atomic E-state index is -3.80. The maximum absolute atomic E-state index is 11.6. The summed E-state index contributed by atoms with van der Waals surface area (Å²) in [5, 5.41) is 2.83. The lowest BCUT2D eigenvalue weighted by Crippen LogP contribution is -2.30. The summed E-state index contributed by atoms with van der Waals surface area (Å²) >= 11 is 0. The van der Waals surface area contributed by atoms with E-state index in [1.54, 1.807) is 20.8 Å². The molecule has 0 aromatic heterocycles. The molecule has 1 N–H and O–H groups in total. The number of carbonyl (C=O) groups is 1. The van der Waals surface area contributed by atoms with Crippen molar-refractivity contribution < 1.29 is 17.9 Å². The number of ether oxygens (including phenoxy) is 1. The largest absolute Gasteiger partial charge is 0.483 e. The van der Waals surface area contributed by atoms with E-state index in [1.165, 1.54) is 6.07 Å². The van der Waals surface area contributed by atoms with Crippen LogP contribution in [0.2, 0.25) is 0 Å². The summed E-state index contributed by atoms with van der Waals surface area (Å²) in [4.78, 5) is 11.7. The lowest BCUT2D eigenvalue weighted by molar-refractivity contribution is -0.123. The molecule has 7 heteroatoms. The number of rotatable bonds is 5. The van der Waals surface area contributed by atoms with Crippen LogP contribution >= 0.6 is 10.7 Å². The van der Waals surface area contributed by atoms with Crippen molar-refractivity contribution in [2.45, 2.75) is 44.6 Å². The fourth-order valence-electron chi connectivity index (χ4n) is 2.13. The second-order valence-corrected chi connectivity index (χ2v) is 7.87. The second-order valence-electron chi connectivity index (χ2n) is 5.34. The van der Waals surface area contributed by atoms with E-state index in [0.717, 1.165) is 12.8 Å². The first-order chi connectivity index (χ1) is 9.70. The summed E-state index contributed by atoms with van der Waals surface area (Å²) in [5.74, 6) is 0.366. The zero-order valence-corrected chi connectivity index (χ0v) is 13.8. The molecule has 2 rings (SSSR count). The van der Waals surface area contributed by atoms with E-state index in [2.05, 4.69) is 5.32 Å². The first kappa shape index (κ1) is 16.1. The highest BCUT2D eigenvalue weighted by atomic mass is 35.7. The van der Waals surface area contributed by atoms with Crippen molar-refractivity contribution in [1.29, 1.82) is 0 Å². The van der Waals surface area contributed by atoms with E-state index in [-0.39, 0.29) is 23.5 Å². The number of aryl methyl sites for hydroxylation is 1. The molecule has 0 saturated heterocycles. The van der Waals surface area contributed by atoms with Crippen molar-refractivity contribution in [2.24, 2.45) is 0 Å². The average molecular weight is 332 g/mol. The summed E-state index contributed by atoms with van der Waals surface area (Å²) in [6, 6.07) is 1.76. The van der Waals surface area contributed by atoms with Crippen LogP contribution in [0.4, 0.5) is 0 Å². The van der Waals surface area contributed by atoms with E-state index in [4.69, 9.17) is 15.4 Å². The van der Waals surface area contributed by atoms with Gasteiger partial charge >= 0.3 is 0 Å². The van der Waals surface area contributed by atoms with Crippen LogP contribution in [0.15, 0.2) is 11.0 Å². The number of hydrogen-bond acceptors (Lipinski definition) is 4. The summed E-state index contributed by atoms with van der Waals surface area (Å²) < 4.78 is 28.6. The second kappa shape index (κ2) is 5.85. The van der Waals surface area contributed by atoms with Gasteiger partial charge in [-0.05, 0) is 56.4 Å². The third-order valence-electron chi connectivity index (χ3n) is 3.53. The van der Waals surface area contributed by atoms with E-state index in [1.807, 2.05) is 0 Å². The van der Waals surface area contributed by atoms with Gasteiger partial charge in [0, 0.05) is 16.7 Å². The van der Waals surface area contributed by atoms with Gasteiger partial charge in [-0.15, -0.1) is 0 Å². The van der Waals surface area contributed by atoms with Crippen LogP contribution in [0.5, 0.6) is 5.75 Å². The predicted octanol–water partition coefficient (Wildman–Crippen LogP) is 2.20. The molecule has 0 spiro atoms. The Morgan fingerprint density at radius 1 is 1.33 bits per heavy atom. The van der Waals surface area contributed by atoms with Gasteiger partial charge in [-0.1, -0.05) is 0 Å². The first-order valence-electron chi connectivity index (χ1n) is 6.67. The minimum absolute atomic E-state index is 0.0777. The molecule has 0 bridgehead atoms. The van der Waals surface area contributed by atoms with Gasteiger partial charge in [0.1, 0.15) is 5.75 Å². The number of nitrogens with one attached hydrogen (secondary N) is 1. The highest BCUT2D eigenvalue weighted by Gasteiger charge is 2.24. The fraction of sp³-hybridized carbons (Fsp3) is 0.500. The van der Waals surface area contributed by atoms with Crippen molar-refractivity contribution in [2.75, 3.05) is 6.61 Å². The normalized spacial score (nSPS) is 14.9. The Kier molecular flexibility index (Phi) is 4.49. The van der Waals surface area contributed by atoms with Crippen molar-refractivity contribution in [3.05, 3.63) is 22.8 Å². The number of hydrogen-bond donors (Lipinski definition) is 1. The Labute approximate surface area is 129 Å². The quantitative estimate of drug-likeness (QED) is 0.839. The van der Waals surface area contributed by atoms with E-state index in [0.29, 0.717) is 22.4 Å². The lowest BCUT2D eigenvalue weighted by Gasteiger charge is -2.16. The molecule has 116 valence electrons. The van der Waals surface area contributed by atoms with Crippen LogP contribution in [0, 0.1) is 20.8 Å². The standard InChI is InChI=1S/C14H18ClNO4S/c1-8-6-12(21(15,18)19)9(2)10(3)14(8)20-7-13(17)16-11-4-5-11/h6,11H,4-5,7H2,1-3H3,(H,16,17). The highest BCUT2D eigenvalue weighted by molar-refractivity contribution is 8.13. The predicted molar refractivity (Wildman–Crippen MR) is 80.4 cm³/mol. The van der Waals surface area contributed by atoms with Crippen LogP contribution in [0.3, 0.4) is 0 Å². The maximum Gasteiger partial charge on any atom is 0.261 e. The molecule has 0 atom stereocenters. The third kappa shape index (κ3) is 3.89. The summed E-state index contributed by atoms with van der Waals surface area (Å²) in [5.41, 5.74) is 1.85. The zero-order chi connectivity index (χ0) is 15.8. The van der Waals surface area contributed by atoms with Gasteiger partial charge in [0.15, 0.2) is 6.61 Å². The van der Waals surface area contributed by atoms with E-state index >= 15 is 0 Å². The van der Waals surface area contributed by atoms with Gasteiger partial charge in [0.25, 0.3) is 15.0 Å². The molecule has 1 aromatic rings. The Morgan fingerprint density at radius 3 is 2.48 bits per heavy atom. The molecule has 0 aliphatic heterocycles. The van der Waals surface area contributed by atoms with Gasteiger partial charge < -0.3 is 10.1 Å². The van der Waals surface area contributed by atoms with E-state index < -0.39 is 9.05 Å². The van der Waals surface area contributed by atoms with Crippen LogP contribution < -0.4 is 10.1 Å². The molecule has 5 nitrogen and oxygen atoms in total. The molecule has 1 aliphatic rings. The number of benzene rings is 1. The molecule has 1 fully saturated rings. The summed E-state index contributed by atoms with van der Waals surface area (Å²) in [6.07, 6.45) is 2.04. The summed E-state index contributed by atoms with van der Waals surface area (Å²) in [7, 11) is 1.62. The van der Waals surface area contributed by atoms with Crippen LogP contribution in [0.25, 0.3) is 0 Å². The van der Waals surface area contributed by atoms with Gasteiger partial charge in [0.05, 0.1) is 4.90 Å². The molecular formula is C14H18ClNO4S. The molecule has 1 saturated carbocycles. The number of halogens is 1. The monoisotopic (exact) mass is 331 g/mol. The average Bonchev–Trinajstić information content (AvgIpc) is 3.16. The molecule has 0 radical (unpaired) electrons. The number of carbonyl (C=O) groups excluding carboxylic acids is 1. The topological polar surface area (TPSA) is 72.5 Å².